The summed E-state index contributed by atoms with van der Waals surface area (Å²) in [6, 6.07) is 6.44. The van der Waals surface area contributed by atoms with E-state index in [0.29, 0.717) is 0 Å². The van der Waals surface area contributed by atoms with Crippen molar-refractivity contribution in [3.05, 3.63) is 29.8 Å². The molecule has 208 valence electrons. The third-order valence-electron chi connectivity index (χ3n) is 7.38. The Kier molecular flexibility index (Phi) is 7.72. The largest absolute Gasteiger partial charge is 0.414 e. The van der Waals surface area contributed by atoms with Crippen molar-refractivity contribution in [2.24, 2.45) is 0 Å². The number of nitrogens with one attached hydrogen (secondary N) is 1. The molecule has 3 saturated heterocycles. The highest BCUT2D eigenvalue weighted by Gasteiger charge is 2.59. The molecule has 1 aromatic carbocycles. The molecule has 0 spiro atoms. The van der Waals surface area contributed by atoms with E-state index in [4.69, 9.17) is 27.6 Å². The molecule has 0 aromatic heterocycles. The van der Waals surface area contributed by atoms with Gasteiger partial charge in [0.05, 0.1) is 17.9 Å². The average Bonchev–Trinajstić information content (AvgIpc) is 3.21. The van der Waals surface area contributed by atoms with Gasteiger partial charge in [-0.2, -0.15) is 8.42 Å². The smallest absolute Gasteiger partial charge is 0.297 e. The molecular weight excluding hydrogens is 518 g/mol. The molecule has 4 rings (SSSR count). The predicted molar refractivity (Wildman–Crippen MR) is 137 cm³/mol. The van der Waals surface area contributed by atoms with Gasteiger partial charge in [0, 0.05) is 0 Å². The Balaban J connectivity index is 1.63. The first-order valence-electron chi connectivity index (χ1n) is 12.6. The topological polar surface area (TPSA) is 119 Å². The lowest BCUT2D eigenvalue weighted by atomic mass is 10.1. The molecule has 1 aromatic rings. The van der Waals surface area contributed by atoms with Crippen LogP contribution in [-0.4, -0.2) is 72.0 Å². The normalized spacial score (nSPS) is 30.5. The monoisotopic (exact) mass is 557 g/mol. The van der Waals surface area contributed by atoms with Crippen LogP contribution < -0.4 is 5.32 Å². The van der Waals surface area contributed by atoms with Crippen molar-refractivity contribution in [2.75, 3.05) is 6.61 Å². The second-order valence-electron chi connectivity index (χ2n) is 11.9. The van der Waals surface area contributed by atoms with E-state index in [0.717, 1.165) is 5.56 Å². The number of amides is 1. The van der Waals surface area contributed by atoms with E-state index < -0.39 is 61.2 Å². The summed E-state index contributed by atoms with van der Waals surface area (Å²) < 4.78 is 63.3. The van der Waals surface area contributed by atoms with Crippen LogP contribution in [0, 0.1) is 6.92 Å². The highest BCUT2D eigenvalue weighted by molar-refractivity contribution is 7.86. The molecule has 37 heavy (non-hydrogen) atoms. The average molecular weight is 558 g/mol. The van der Waals surface area contributed by atoms with Gasteiger partial charge in [-0.1, -0.05) is 38.5 Å². The minimum absolute atomic E-state index is 0.0333. The Morgan fingerprint density at radius 1 is 1.16 bits per heavy atom. The summed E-state index contributed by atoms with van der Waals surface area (Å²) in [7, 11) is -6.45. The van der Waals surface area contributed by atoms with E-state index in [1.807, 2.05) is 6.92 Å². The molecular formula is C25H39NO9SSi. The molecule has 1 N–H and O–H groups in total. The van der Waals surface area contributed by atoms with Gasteiger partial charge >= 0.3 is 0 Å². The highest BCUT2D eigenvalue weighted by atomic mass is 32.2. The van der Waals surface area contributed by atoms with Crippen molar-refractivity contribution >= 4 is 24.3 Å². The maximum Gasteiger partial charge on any atom is 0.297 e. The standard InChI is InChI=1S/C25H39NO9SSi/c1-15-9-11-16(12-10-15)36(28,29)35-17(14-30-37(7,8)24(2,3)4)20-21(31-19-13-18(27)26-19)22-23(32-20)34-25(5,6)33-22/h9-12,17,19-23H,13-14H2,1-8H3,(H,26,27)/t17-,19-,20-,21+,22-,23-/m1/s1. The van der Waals surface area contributed by atoms with Gasteiger partial charge in [-0.15, -0.1) is 0 Å². The second kappa shape index (κ2) is 9.98. The number of ether oxygens (including phenoxy) is 4. The van der Waals surface area contributed by atoms with Gasteiger partial charge in [0.2, 0.25) is 5.91 Å². The molecule has 6 atom stereocenters. The Morgan fingerprint density at radius 2 is 1.78 bits per heavy atom. The lowest BCUT2D eigenvalue weighted by Gasteiger charge is -2.39. The summed E-state index contributed by atoms with van der Waals surface area (Å²) in [6.45, 7) is 15.8. The fourth-order valence-electron chi connectivity index (χ4n) is 4.16. The fourth-order valence-corrected chi connectivity index (χ4v) is 6.25. The summed E-state index contributed by atoms with van der Waals surface area (Å²) in [5.41, 5.74) is 0.927. The predicted octanol–water partition coefficient (Wildman–Crippen LogP) is 3.20. The quantitative estimate of drug-likeness (QED) is 0.277. The Labute approximate surface area is 220 Å². The maximum atomic E-state index is 13.3. The molecule has 3 heterocycles. The molecule has 1 amide bonds. The summed E-state index contributed by atoms with van der Waals surface area (Å²) in [5, 5.41) is 2.58. The first-order valence-corrected chi connectivity index (χ1v) is 16.9. The van der Waals surface area contributed by atoms with E-state index in [9.17, 15) is 13.2 Å². The van der Waals surface area contributed by atoms with Gasteiger partial charge in [0.15, 0.2) is 20.4 Å². The van der Waals surface area contributed by atoms with Crippen LogP contribution in [0.4, 0.5) is 0 Å². The summed E-state index contributed by atoms with van der Waals surface area (Å²) in [6.07, 6.45) is -4.49. The Hall–Kier alpha value is -1.38. The number of aryl methyl sites for hydroxylation is 1. The lowest BCUT2D eigenvalue weighted by Crippen LogP contribution is -2.56. The van der Waals surface area contributed by atoms with Crippen molar-refractivity contribution in [1.29, 1.82) is 0 Å². The van der Waals surface area contributed by atoms with E-state index >= 15 is 0 Å². The molecule has 0 unspecified atom stereocenters. The SMILES string of the molecule is Cc1ccc(S(=O)(=O)O[C@H](CO[Si](C)(C)C(C)(C)C)[C@H]2O[C@@H]3OC(C)(C)O[C@@H]3[C@H]2O[C@@H]2CC(=O)N2)cc1. The third kappa shape index (κ3) is 6.27. The van der Waals surface area contributed by atoms with E-state index in [2.05, 4.69) is 39.2 Å². The van der Waals surface area contributed by atoms with E-state index in [1.54, 1.807) is 26.0 Å². The molecule has 0 aliphatic carbocycles. The minimum atomic E-state index is -4.17. The van der Waals surface area contributed by atoms with Crippen LogP contribution in [0.25, 0.3) is 0 Å². The van der Waals surface area contributed by atoms with Crippen LogP contribution >= 0.6 is 0 Å². The van der Waals surface area contributed by atoms with Gasteiger partial charge in [-0.3, -0.25) is 8.98 Å². The molecule has 3 aliphatic rings. The molecule has 12 heteroatoms. The first kappa shape index (κ1) is 28.6. The first-order chi connectivity index (χ1) is 17.0. The summed E-state index contributed by atoms with van der Waals surface area (Å²) >= 11 is 0. The van der Waals surface area contributed by atoms with Gasteiger partial charge in [-0.05, 0) is 51.0 Å². The van der Waals surface area contributed by atoms with Crippen molar-refractivity contribution in [2.45, 2.75) is 114 Å². The van der Waals surface area contributed by atoms with Gasteiger partial charge < -0.3 is 28.7 Å². The molecule has 0 radical (unpaired) electrons. The number of hydrogen-bond donors (Lipinski definition) is 1. The number of carbonyl (C=O) groups excluding carboxylic acids is 1. The van der Waals surface area contributed by atoms with Crippen molar-refractivity contribution in [3.63, 3.8) is 0 Å². The van der Waals surface area contributed by atoms with Crippen molar-refractivity contribution < 1.29 is 40.8 Å². The van der Waals surface area contributed by atoms with Crippen molar-refractivity contribution in [1.82, 2.24) is 5.32 Å². The highest BCUT2D eigenvalue weighted by Crippen LogP contribution is 2.42. The summed E-state index contributed by atoms with van der Waals surface area (Å²) in [5.74, 6) is -1.04. The second-order valence-corrected chi connectivity index (χ2v) is 18.3. The number of fused-ring (bicyclic) bond motifs is 1. The van der Waals surface area contributed by atoms with Crippen LogP contribution in [0.3, 0.4) is 0 Å². The molecule has 3 aliphatic heterocycles. The van der Waals surface area contributed by atoms with E-state index in [1.165, 1.54) is 12.1 Å². The zero-order valence-electron chi connectivity index (χ0n) is 22.8. The zero-order valence-corrected chi connectivity index (χ0v) is 24.6. The Morgan fingerprint density at radius 3 is 2.35 bits per heavy atom. The fraction of sp³-hybridized carbons (Fsp3) is 0.720. The van der Waals surface area contributed by atoms with E-state index in [-0.39, 0.29) is 28.9 Å². The van der Waals surface area contributed by atoms with Crippen LogP contribution in [0.2, 0.25) is 18.1 Å². The number of rotatable bonds is 9. The third-order valence-corrected chi connectivity index (χ3v) is 13.2. The maximum absolute atomic E-state index is 13.3. The number of β-lactam (4-membered cyclic amide) rings is 1. The van der Waals surface area contributed by atoms with Crippen LogP contribution in [-0.2, 0) is 42.5 Å². The molecule has 3 fully saturated rings. The van der Waals surface area contributed by atoms with Crippen molar-refractivity contribution in [3.8, 4) is 0 Å². The van der Waals surface area contributed by atoms with Gasteiger partial charge in [-0.25, -0.2) is 0 Å². The molecule has 0 saturated carbocycles. The lowest BCUT2D eigenvalue weighted by molar-refractivity contribution is -0.235. The number of carbonyl (C=O) groups is 1. The van der Waals surface area contributed by atoms with Gasteiger partial charge in [0.1, 0.15) is 30.6 Å². The Bertz CT molecular complexity index is 1090. The zero-order chi connectivity index (χ0) is 27.4. The summed E-state index contributed by atoms with van der Waals surface area (Å²) in [4.78, 5) is 11.5. The number of hydrogen-bond acceptors (Lipinski definition) is 9. The molecule has 10 nitrogen and oxygen atoms in total. The molecule has 0 bridgehead atoms. The van der Waals surface area contributed by atoms with Gasteiger partial charge in [0.25, 0.3) is 10.1 Å². The minimum Gasteiger partial charge on any atom is -0.414 e. The van der Waals surface area contributed by atoms with Crippen LogP contribution in [0.1, 0.15) is 46.6 Å². The van der Waals surface area contributed by atoms with Crippen LogP contribution in [0.15, 0.2) is 29.2 Å². The van der Waals surface area contributed by atoms with Crippen LogP contribution in [0.5, 0.6) is 0 Å². The number of benzene rings is 1.